The van der Waals surface area contributed by atoms with Crippen molar-refractivity contribution in [2.24, 2.45) is 0 Å². The van der Waals surface area contributed by atoms with Crippen molar-refractivity contribution in [1.82, 2.24) is 9.88 Å². The number of hydrogen-bond acceptors (Lipinski definition) is 5. The molecule has 1 fully saturated rings. The highest BCUT2D eigenvalue weighted by Gasteiger charge is 2.38. The Morgan fingerprint density at radius 3 is 2.84 bits per heavy atom. The predicted octanol–water partition coefficient (Wildman–Crippen LogP) is 3.04. The highest BCUT2D eigenvalue weighted by atomic mass is 32.1. The van der Waals surface area contributed by atoms with Crippen molar-refractivity contribution in [1.29, 1.82) is 0 Å². The van der Waals surface area contributed by atoms with E-state index in [9.17, 15) is 14.0 Å². The van der Waals surface area contributed by atoms with Crippen LogP contribution in [0.25, 0.3) is 10.6 Å². The molecule has 25 heavy (non-hydrogen) atoms. The molecule has 0 aliphatic heterocycles. The van der Waals surface area contributed by atoms with Crippen LogP contribution in [-0.4, -0.2) is 41.0 Å². The van der Waals surface area contributed by atoms with Crippen LogP contribution >= 0.6 is 11.3 Å². The van der Waals surface area contributed by atoms with Crippen molar-refractivity contribution in [3.05, 3.63) is 41.2 Å². The van der Waals surface area contributed by atoms with Crippen LogP contribution in [0.15, 0.2) is 29.6 Å². The van der Waals surface area contributed by atoms with Crippen molar-refractivity contribution < 1.29 is 18.7 Å². The van der Waals surface area contributed by atoms with Crippen LogP contribution in [-0.2, 0) is 20.7 Å². The van der Waals surface area contributed by atoms with Gasteiger partial charge in [-0.15, -0.1) is 11.3 Å². The summed E-state index contributed by atoms with van der Waals surface area (Å²) in [4.78, 5) is 30.5. The van der Waals surface area contributed by atoms with Crippen molar-refractivity contribution in [2.75, 3.05) is 7.11 Å². The van der Waals surface area contributed by atoms with E-state index in [0.717, 1.165) is 12.8 Å². The van der Waals surface area contributed by atoms with Gasteiger partial charge in [0.05, 0.1) is 19.2 Å². The van der Waals surface area contributed by atoms with Gasteiger partial charge in [0.2, 0.25) is 5.91 Å². The Morgan fingerprint density at radius 2 is 2.20 bits per heavy atom. The molecule has 1 aromatic heterocycles. The van der Waals surface area contributed by atoms with Crippen molar-refractivity contribution >= 4 is 23.2 Å². The molecule has 0 spiro atoms. The van der Waals surface area contributed by atoms with Gasteiger partial charge in [0.25, 0.3) is 0 Å². The normalized spacial score (nSPS) is 14.8. The fourth-order valence-electron chi connectivity index (χ4n) is 2.76. The Morgan fingerprint density at radius 1 is 1.44 bits per heavy atom. The van der Waals surface area contributed by atoms with E-state index in [1.807, 2.05) is 0 Å². The fraction of sp³-hybridized carbons (Fsp3) is 0.389. The maximum atomic E-state index is 13.3. The molecule has 132 valence electrons. The Balaban J connectivity index is 1.73. The third-order valence-corrected chi connectivity index (χ3v) is 5.08. The summed E-state index contributed by atoms with van der Waals surface area (Å²) in [5, 5.41) is 2.47. The summed E-state index contributed by atoms with van der Waals surface area (Å²) in [7, 11) is 1.32. The molecule has 0 radical (unpaired) electrons. The van der Waals surface area contributed by atoms with Gasteiger partial charge in [0.1, 0.15) is 16.9 Å². The lowest BCUT2D eigenvalue weighted by molar-refractivity contribution is -0.152. The summed E-state index contributed by atoms with van der Waals surface area (Å²) in [5.41, 5.74) is 1.31. The minimum Gasteiger partial charge on any atom is -0.467 e. The van der Waals surface area contributed by atoms with Crippen molar-refractivity contribution in [2.45, 2.75) is 38.3 Å². The molecule has 1 heterocycles. The zero-order valence-electron chi connectivity index (χ0n) is 14.1. The topological polar surface area (TPSA) is 59.5 Å². The maximum Gasteiger partial charge on any atom is 0.328 e. The molecule has 1 atom stereocenters. The van der Waals surface area contributed by atoms with Gasteiger partial charge in [-0.3, -0.25) is 4.79 Å². The number of benzene rings is 1. The van der Waals surface area contributed by atoms with Crippen LogP contribution in [0, 0.1) is 5.82 Å². The second-order valence-electron chi connectivity index (χ2n) is 6.06. The minimum atomic E-state index is -0.605. The van der Waals surface area contributed by atoms with Crippen LogP contribution in [0.5, 0.6) is 0 Å². The van der Waals surface area contributed by atoms with Gasteiger partial charge in [-0.25, -0.2) is 14.2 Å². The zero-order chi connectivity index (χ0) is 18.0. The van der Waals surface area contributed by atoms with Crippen molar-refractivity contribution in [3.63, 3.8) is 0 Å². The lowest BCUT2D eigenvalue weighted by Crippen LogP contribution is -2.46. The predicted molar refractivity (Wildman–Crippen MR) is 92.6 cm³/mol. The molecule has 0 saturated heterocycles. The SMILES string of the molecule is COC(=O)C(C)N(C(=O)Cc1csc(-c2cccc(F)c2)n1)C1CC1. The largest absolute Gasteiger partial charge is 0.467 e. The van der Waals surface area contributed by atoms with Gasteiger partial charge >= 0.3 is 5.97 Å². The maximum absolute atomic E-state index is 13.3. The van der Waals surface area contributed by atoms with Gasteiger partial charge in [0, 0.05) is 17.0 Å². The first-order chi connectivity index (χ1) is 12.0. The molecule has 1 aliphatic rings. The lowest BCUT2D eigenvalue weighted by Gasteiger charge is -2.27. The smallest absolute Gasteiger partial charge is 0.328 e. The van der Waals surface area contributed by atoms with Gasteiger partial charge in [-0.2, -0.15) is 0 Å². The molecule has 7 heteroatoms. The highest BCUT2D eigenvalue weighted by Crippen LogP contribution is 2.30. The zero-order valence-corrected chi connectivity index (χ0v) is 14.9. The lowest BCUT2D eigenvalue weighted by atomic mass is 10.2. The first-order valence-electron chi connectivity index (χ1n) is 8.09. The highest BCUT2D eigenvalue weighted by molar-refractivity contribution is 7.13. The van der Waals surface area contributed by atoms with E-state index < -0.39 is 12.0 Å². The number of carbonyl (C=O) groups is 2. The van der Waals surface area contributed by atoms with Crippen molar-refractivity contribution in [3.8, 4) is 10.6 Å². The number of amides is 1. The molecule has 0 N–H and O–H groups in total. The van der Waals surface area contributed by atoms with E-state index in [-0.39, 0.29) is 24.2 Å². The number of carbonyl (C=O) groups excluding carboxylic acids is 2. The van der Waals surface area contributed by atoms with Crippen LogP contribution < -0.4 is 0 Å². The summed E-state index contributed by atoms with van der Waals surface area (Å²) in [6.45, 7) is 1.68. The molecule has 1 unspecified atom stereocenters. The van der Waals surface area contributed by atoms with E-state index >= 15 is 0 Å². The number of methoxy groups -OCH3 is 1. The third kappa shape index (κ3) is 4.04. The molecule has 3 rings (SSSR count). The molecule has 1 aliphatic carbocycles. The number of rotatable bonds is 6. The molecule has 1 amide bonds. The number of ether oxygens (including phenoxy) is 1. The first-order valence-corrected chi connectivity index (χ1v) is 8.97. The molecule has 1 saturated carbocycles. The average molecular weight is 362 g/mol. The summed E-state index contributed by atoms with van der Waals surface area (Å²) < 4.78 is 18.1. The average Bonchev–Trinajstić information content (AvgIpc) is 3.31. The Hall–Kier alpha value is -2.28. The van der Waals surface area contributed by atoms with Gasteiger partial charge in [0.15, 0.2) is 0 Å². The molecule has 2 aromatic rings. The van der Waals surface area contributed by atoms with E-state index in [4.69, 9.17) is 4.74 Å². The fourth-order valence-corrected chi connectivity index (χ4v) is 3.58. The summed E-state index contributed by atoms with van der Waals surface area (Å²) in [5.74, 6) is -0.882. The van der Waals surface area contributed by atoms with Gasteiger partial charge < -0.3 is 9.64 Å². The summed E-state index contributed by atoms with van der Waals surface area (Å²) in [6, 6.07) is 5.70. The second-order valence-corrected chi connectivity index (χ2v) is 6.92. The van der Waals surface area contributed by atoms with E-state index in [2.05, 4.69) is 4.98 Å². The number of aromatic nitrogens is 1. The summed E-state index contributed by atoms with van der Waals surface area (Å²) in [6.07, 6.45) is 1.92. The quantitative estimate of drug-likeness (QED) is 0.741. The second kappa shape index (κ2) is 7.31. The Kier molecular flexibility index (Phi) is 5.13. The third-order valence-electron chi connectivity index (χ3n) is 4.14. The Labute approximate surface area is 149 Å². The van der Waals surface area contributed by atoms with Crippen LogP contribution in [0.4, 0.5) is 4.39 Å². The van der Waals surface area contributed by atoms with E-state index in [1.165, 1.54) is 30.6 Å². The van der Waals surface area contributed by atoms with Crippen LogP contribution in [0.2, 0.25) is 0 Å². The number of thiazole rings is 1. The number of hydrogen-bond donors (Lipinski definition) is 0. The van der Waals surface area contributed by atoms with Gasteiger partial charge in [-0.05, 0) is 31.9 Å². The molecule has 0 bridgehead atoms. The van der Waals surface area contributed by atoms with E-state index in [0.29, 0.717) is 16.3 Å². The van der Waals surface area contributed by atoms with E-state index in [1.54, 1.807) is 29.3 Å². The molecular weight excluding hydrogens is 343 g/mol. The summed E-state index contributed by atoms with van der Waals surface area (Å²) >= 11 is 1.37. The monoisotopic (exact) mass is 362 g/mol. The van der Waals surface area contributed by atoms with Crippen LogP contribution in [0.1, 0.15) is 25.5 Å². The Bertz CT molecular complexity index is 788. The molecular formula is C18H19FN2O3S. The first kappa shape index (κ1) is 17.5. The standard InChI is InChI=1S/C18H19FN2O3S/c1-11(18(23)24-2)21(15-6-7-15)16(22)9-14-10-25-17(20-14)12-4-3-5-13(19)8-12/h3-5,8,10-11,15H,6-7,9H2,1-2H3. The van der Waals surface area contributed by atoms with Gasteiger partial charge in [-0.1, -0.05) is 12.1 Å². The minimum absolute atomic E-state index is 0.0999. The number of esters is 1. The van der Waals surface area contributed by atoms with Crippen LogP contribution in [0.3, 0.4) is 0 Å². The molecule has 5 nitrogen and oxygen atoms in total. The number of nitrogens with zero attached hydrogens (tertiary/aromatic N) is 2. The number of halogens is 1. The molecule has 1 aromatic carbocycles.